The summed E-state index contributed by atoms with van der Waals surface area (Å²) in [7, 11) is -3.57. The fourth-order valence-corrected chi connectivity index (χ4v) is 4.00. The Bertz CT molecular complexity index is 1150. The van der Waals surface area contributed by atoms with Gasteiger partial charge in [-0.25, -0.2) is 17.5 Å². The lowest BCUT2D eigenvalue weighted by Gasteiger charge is -2.11. The molecule has 1 N–H and O–H groups in total. The third kappa shape index (κ3) is 3.82. The summed E-state index contributed by atoms with van der Waals surface area (Å²) in [6, 6.07) is 12.0. The molecule has 3 aromatic rings. The lowest BCUT2D eigenvalue weighted by Crippen LogP contribution is -2.17. The Hall–Kier alpha value is -3.00. The van der Waals surface area contributed by atoms with Gasteiger partial charge in [-0.1, -0.05) is 19.1 Å². The number of anilines is 1. The molecule has 0 saturated heterocycles. The highest BCUT2D eigenvalue weighted by molar-refractivity contribution is 7.91. The van der Waals surface area contributed by atoms with Crippen LogP contribution in [0.25, 0.3) is 5.69 Å². The fourth-order valence-electron chi connectivity index (χ4n) is 2.91. The lowest BCUT2D eigenvalue weighted by atomic mass is 10.2. The van der Waals surface area contributed by atoms with Crippen molar-refractivity contribution in [1.82, 2.24) is 9.78 Å². The van der Waals surface area contributed by atoms with E-state index in [0.29, 0.717) is 0 Å². The highest BCUT2D eigenvalue weighted by atomic mass is 32.2. The van der Waals surface area contributed by atoms with Gasteiger partial charge < -0.3 is 5.32 Å². The van der Waals surface area contributed by atoms with Crippen LogP contribution in [0.2, 0.25) is 0 Å². The van der Waals surface area contributed by atoms with Crippen LogP contribution in [0.4, 0.5) is 10.1 Å². The van der Waals surface area contributed by atoms with Crippen LogP contribution < -0.4 is 5.32 Å². The Morgan fingerprint density at radius 2 is 1.86 bits per heavy atom. The zero-order valence-electron chi connectivity index (χ0n) is 15.7. The van der Waals surface area contributed by atoms with Gasteiger partial charge >= 0.3 is 0 Å². The number of carbonyl (C=O) groups is 1. The molecule has 0 saturated carbocycles. The van der Waals surface area contributed by atoms with Crippen molar-refractivity contribution in [2.75, 3.05) is 11.1 Å². The average Bonchev–Trinajstić information content (AvgIpc) is 2.99. The molecule has 8 heteroatoms. The van der Waals surface area contributed by atoms with Crippen molar-refractivity contribution < 1.29 is 17.6 Å². The second-order valence-corrected chi connectivity index (χ2v) is 8.61. The number of aromatic nitrogens is 2. The summed E-state index contributed by atoms with van der Waals surface area (Å²) in [6.07, 6.45) is 0. The Morgan fingerprint density at radius 3 is 2.46 bits per heavy atom. The summed E-state index contributed by atoms with van der Waals surface area (Å²) in [4.78, 5) is 12.6. The van der Waals surface area contributed by atoms with E-state index in [9.17, 15) is 17.6 Å². The van der Waals surface area contributed by atoms with E-state index in [0.717, 1.165) is 11.4 Å². The molecule has 1 heterocycles. The summed E-state index contributed by atoms with van der Waals surface area (Å²) in [5.74, 6) is -1.30. The first-order valence-corrected chi connectivity index (χ1v) is 10.3. The molecule has 0 fully saturated rings. The van der Waals surface area contributed by atoms with Gasteiger partial charge in [0.25, 0.3) is 5.91 Å². The van der Waals surface area contributed by atoms with Crippen LogP contribution in [0.3, 0.4) is 0 Å². The van der Waals surface area contributed by atoms with Gasteiger partial charge in [0, 0.05) is 11.4 Å². The van der Waals surface area contributed by atoms with Gasteiger partial charge in [-0.3, -0.25) is 4.79 Å². The van der Waals surface area contributed by atoms with Crippen molar-refractivity contribution in [3.63, 3.8) is 0 Å². The van der Waals surface area contributed by atoms with Crippen molar-refractivity contribution in [1.29, 1.82) is 0 Å². The minimum Gasteiger partial charge on any atom is -0.322 e. The van der Waals surface area contributed by atoms with Gasteiger partial charge in [-0.05, 0) is 50.2 Å². The molecule has 0 spiro atoms. The Kier molecular flexibility index (Phi) is 5.33. The number of aryl methyl sites for hydroxylation is 2. The highest BCUT2D eigenvalue weighted by Gasteiger charge is 2.21. The molecule has 6 nitrogen and oxygen atoms in total. The topological polar surface area (TPSA) is 81.1 Å². The van der Waals surface area contributed by atoms with Gasteiger partial charge in [0.2, 0.25) is 0 Å². The van der Waals surface area contributed by atoms with E-state index in [1.165, 1.54) is 35.9 Å². The van der Waals surface area contributed by atoms with E-state index < -0.39 is 21.6 Å². The predicted octanol–water partition coefficient (Wildman–Crippen LogP) is 3.67. The number of amides is 1. The van der Waals surface area contributed by atoms with E-state index >= 15 is 0 Å². The summed E-state index contributed by atoms with van der Waals surface area (Å²) in [5.41, 5.74) is 2.05. The van der Waals surface area contributed by atoms with Crippen molar-refractivity contribution in [3.8, 4) is 5.69 Å². The number of sulfone groups is 1. The first-order valence-electron chi connectivity index (χ1n) is 8.69. The maximum Gasteiger partial charge on any atom is 0.256 e. The molecule has 0 aliphatic carbocycles. The second-order valence-electron chi connectivity index (χ2n) is 6.36. The van der Waals surface area contributed by atoms with Crippen LogP contribution >= 0.6 is 0 Å². The van der Waals surface area contributed by atoms with Crippen LogP contribution in [-0.4, -0.2) is 29.9 Å². The molecule has 3 rings (SSSR count). The molecular weight excluding hydrogens is 381 g/mol. The maximum atomic E-state index is 14.6. The molecule has 146 valence electrons. The van der Waals surface area contributed by atoms with Crippen molar-refractivity contribution >= 4 is 21.4 Å². The number of carbonyl (C=O) groups excluding carboxylic acids is 1. The van der Waals surface area contributed by atoms with Gasteiger partial charge in [0.05, 0.1) is 21.9 Å². The van der Waals surface area contributed by atoms with Crippen LogP contribution in [-0.2, 0) is 9.84 Å². The van der Waals surface area contributed by atoms with Crippen LogP contribution in [0, 0.1) is 19.7 Å². The number of hydrogen-bond acceptors (Lipinski definition) is 4. The third-order valence-electron chi connectivity index (χ3n) is 4.29. The largest absolute Gasteiger partial charge is 0.322 e. The zero-order valence-corrected chi connectivity index (χ0v) is 16.5. The van der Waals surface area contributed by atoms with Gasteiger partial charge in [0.1, 0.15) is 5.69 Å². The molecule has 1 amide bonds. The first kappa shape index (κ1) is 19.8. The van der Waals surface area contributed by atoms with Crippen LogP contribution in [0.1, 0.15) is 28.7 Å². The number of halogens is 1. The van der Waals surface area contributed by atoms with Crippen LogP contribution in [0.15, 0.2) is 53.4 Å². The minimum atomic E-state index is -3.57. The Balaban J connectivity index is 1.91. The van der Waals surface area contributed by atoms with Crippen LogP contribution in [0.5, 0.6) is 0 Å². The summed E-state index contributed by atoms with van der Waals surface area (Å²) in [6.45, 7) is 5.15. The SMILES string of the molecule is CCS(=O)(=O)c1ccccc1C(=O)Nc1ccc(-n2nc(C)cc2C)c(F)c1. The molecule has 2 aromatic carbocycles. The number of benzene rings is 2. The molecule has 1 aromatic heterocycles. The Labute approximate surface area is 162 Å². The molecule has 0 aliphatic rings. The van der Waals surface area contributed by atoms with E-state index in [1.54, 1.807) is 18.2 Å². The van der Waals surface area contributed by atoms with E-state index in [-0.39, 0.29) is 27.6 Å². The number of hydrogen-bond donors (Lipinski definition) is 1. The predicted molar refractivity (Wildman–Crippen MR) is 105 cm³/mol. The molecule has 0 bridgehead atoms. The first-order chi connectivity index (χ1) is 13.2. The molecule has 0 unspecified atom stereocenters. The molecule has 0 aliphatic heterocycles. The number of rotatable bonds is 5. The highest BCUT2D eigenvalue weighted by Crippen LogP contribution is 2.22. The van der Waals surface area contributed by atoms with Gasteiger partial charge in [-0.15, -0.1) is 0 Å². The lowest BCUT2D eigenvalue weighted by molar-refractivity contribution is 0.102. The average molecular weight is 401 g/mol. The van der Waals surface area contributed by atoms with Crippen molar-refractivity contribution in [2.45, 2.75) is 25.7 Å². The molecular formula is C20H20FN3O3S. The number of nitrogens with zero attached hydrogens (tertiary/aromatic N) is 2. The standard InChI is InChI=1S/C20H20FN3O3S/c1-4-28(26,27)19-8-6-5-7-16(19)20(25)22-15-9-10-18(17(21)12-15)24-14(3)11-13(2)23-24/h5-12H,4H2,1-3H3,(H,22,25). The molecule has 0 atom stereocenters. The van der Waals surface area contributed by atoms with E-state index in [2.05, 4.69) is 10.4 Å². The normalized spacial score (nSPS) is 11.4. The van der Waals surface area contributed by atoms with E-state index in [1.807, 2.05) is 19.9 Å². The quantitative estimate of drug-likeness (QED) is 0.707. The third-order valence-corrected chi connectivity index (χ3v) is 6.08. The van der Waals surface area contributed by atoms with Crippen molar-refractivity contribution in [3.05, 3.63) is 71.3 Å². The molecule has 0 radical (unpaired) electrons. The zero-order chi connectivity index (χ0) is 20.5. The fraction of sp³-hybridized carbons (Fsp3) is 0.200. The second kappa shape index (κ2) is 7.55. The smallest absolute Gasteiger partial charge is 0.256 e. The monoisotopic (exact) mass is 401 g/mol. The molecule has 28 heavy (non-hydrogen) atoms. The van der Waals surface area contributed by atoms with Gasteiger partial charge in [0.15, 0.2) is 15.7 Å². The van der Waals surface area contributed by atoms with E-state index in [4.69, 9.17) is 0 Å². The summed E-state index contributed by atoms with van der Waals surface area (Å²) < 4.78 is 40.5. The number of nitrogens with one attached hydrogen (secondary N) is 1. The van der Waals surface area contributed by atoms with Gasteiger partial charge in [-0.2, -0.15) is 5.10 Å². The maximum absolute atomic E-state index is 14.6. The Morgan fingerprint density at radius 1 is 1.14 bits per heavy atom. The minimum absolute atomic E-state index is 0.0207. The summed E-state index contributed by atoms with van der Waals surface area (Å²) >= 11 is 0. The summed E-state index contributed by atoms with van der Waals surface area (Å²) in [5, 5.41) is 6.81. The van der Waals surface area contributed by atoms with Crippen molar-refractivity contribution in [2.24, 2.45) is 0 Å².